The van der Waals surface area contributed by atoms with Crippen LogP contribution in [0.2, 0.25) is 0 Å². The number of rotatable bonds is 5. The molecule has 1 aromatic heterocycles. The van der Waals surface area contributed by atoms with Crippen molar-refractivity contribution in [1.82, 2.24) is 4.98 Å². The largest absolute Gasteiger partial charge is 0.259 e. The van der Waals surface area contributed by atoms with Gasteiger partial charge in [-0.2, -0.15) is 0 Å². The highest BCUT2D eigenvalue weighted by molar-refractivity contribution is 7.92. The molecule has 1 heterocycles. The molecule has 4 nitrogen and oxygen atoms in total. The fourth-order valence-electron chi connectivity index (χ4n) is 2.26. The van der Waals surface area contributed by atoms with E-state index in [0.29, 0.717) is 11.0 Å². The third-order valence-electron chi connectivity index (χ3n) is 3.19. The van der Waals surface area contributed by atoms with Crippen LogP contribution < -0.4 is 4.72 Å². The number of hydrogen-bond acceptors (Lipinski definition) is 4. The Morgan fingerprint density at radius 3 is 2.76 bits per heavy atom. The molecule has 2 rings (SSSR count). The molecule has 6 heteroatoms. The summed E-state index contributed by atoms with van der Waals surface area (Å²) < 4.78 is 26.1. The second-order valence-corrected chi connectivity index (χ2v) is 7.29. The van der Waals surface area contributed by atoms with Gasteiger partial charge in [-0.3, -0.25) is 4.72 Å². The highest BCUT2D eigenvalue weighted by atomic mass is 32.2. The number of nitrogens with zero attached hydrogens (tertiary/aromatic N) is 1. The molecule has 0 radical (unpaired) electrons. The first-order valence-electron chi connectivity index (χ1n) is 6.06. The van der Waals surface area contributed by atoms with Crippen molar-refractivity contribution in [3.05, 3.63) is 11.6 Å². The van der Waals surface area contributed by atoms with Crippen molar-refractivity contribution in [1.29, 1.82) is 0 Å². The summed E-state index contributed by atoms with van der Waals surface area (Å²) in [6, 6.07) is 0. The lowest BCUT2D eigenvalue weighted by Crippen LogP contribution is -2.19. The lowest BCUT2D eigenvalue weighted by atomic mass is 9.88. The topological polar surface area (TPSA) is 59.1 Å². The van der Waals surface area contributed by atoms with Crippen molar-refractivity contribution in [3.8, 4) is 0 Å². The minimum Gasteiger partial charge on any atom is -0.259 e. The maximum atomic E-state index is 11.8. The maximum Gasteiger partial charge on any atom is 0.234 e. The molecule has 0 saturated heterocycles. The van der Waals surface area contributed by atoms with Gasteiger partial charge in [0.2, 0.25) is 10.0 Å². The summed E-state index contributed by atoms with van der Waals surface area (Å²) in [5, 5.41) is 2.23. The third kappa shape index (κ3) is 4.27. The van der Waals surface area contributed by atoms with Crippen LogP contribution in [-0.2, 0) is 10.0 Å². The van der Waals surface area contributed by atoms with Gasteiger partial charge in [0, 0.05) is 11.6 Å². The second kappa shape index (κ2) is 5.82. The van der Waals surface area contributed by atoms with Crippen molar-refractivity contribution in [2.24, 2.45) is 5.92 Å². The fourth-order valence-corrected chi connectivity index (χ4v) is 4.27. The Kier molecular flexibility index (Phi) is 4.39. The Hall–Kier alpha value is -0.620. The summed E-state index contributed by atoms with van der Waals surface area (Å²) in [6.45, 7) is 0. The van der Waals surface area contributed by atoms with Gasteiger partial charge < -0.3 is 0 Å². The van der Waals surface area contributed by atoms with Crippen molar-refractivity contribution in [3.63, 3.8) is 0 Å². The van der Waals surface area contributed by atoms with Crippen molar-refractivity contribution in [2.75, 3.05) is 10.5 Å². The van der Waals surface area contributed by atoms with Gasteiger partial charge in [-0.1, -0.05) is 32.1 Å². The Balaban J connectivity index is 1.80. The lowest BCUT2D eigenvalue weighted by molar-refractivity contribution is 0.350. The number of hydrogen-bond donors (Lipinski definition) is 1. The van der Waals surface area contributed by atoms with E-state index in [0.717, 1.165) is 6.42 Å². The van der Waals surface area contributed by atoms with Crippen LogP contribution in [-0.4, -0.2) is 19.2 Å². The SMILES string of the molecule is O=S(=O)(CCC1CCCCC1)Nc1nccs1. The summed E-state index contributed by atoms with van der Waals surface area (Å²) in [5.74, 6) is 0.814. The summed E-state index contributed by atoms with van der Waals surface area (Å²) in [4.78, 5) is 3.92. The van der Waals surface area contributed by atoms with Gasteiger partial charge in [-0.15, -0.1) is 11.3 Å². The monoisotopic (exact) mass is 274 g/mol. The molecular weight excluding hydrogens is 256 g/mol. The van der Waals surface area contributed by atoms with E-state index >= 15 is 0 Å². The molecule has 1 aliphatic rings. The van der Waals surface area contributed by atoms with Crippen LogP contribution in [0.15, 0.2) is 11.6 Å². The Labute approximate surface area is 107 Å². The number of anilines is 1. The van der Waals surface area contributed by atoms with E-state index in [9.17, 15) is 8.42 Å². The molecule has 0 aliphatic heterocycles. The summed E-state index contributed by atoms with van der Waals surface area (Å²) in [5.41, 5.74) is 0. The number of aromatic nitrogens is 1. The Morgan fingerprint density at radius 2 is 2.12 bits per heavy atom. The van der Waals surface area contributed by atoms with Crippen molar-refractivity contribution >= 4 is 26.5 Å². The van der Waals surface area contributed by atoms with Crippen molar-refractivity contribution < 1.29 is 8.42 Å². The lowest BCUT2D eigenvalue weighted by Gasteiger charge is -2.21. The maximum absolute atomic E-state index is 11.8. The molecule has 96 valence electrons. The molecule has 1 saturated carbocycles. The summed E-state index contributed by atoms with van der Waals surface area (Å²) >= 11 is 1.31. The van der Waals surface area contributed by atoms with Crippen LogP contribution >= 0.6 is 11.3 Å². The van der Waals surface area contributed by atoms with Gasteiger partial charge in [-0.25, -0.2) is 13.4 Å². The number of thiazole rings is 1. The van der Waals surface area contributed by atoms with Crippen LogP contribution in [0.5, 0.6) is 0 Å². The van der Waals surface area contributed by atoms with E-state index in [1.165, 1.54) is 43.4 Å². The van der Waals surface area contributed by atoms with E-state index in [4.69, 9.17) is 0 Å². The molecule has 1 N–H and O–H groups in total. The molecule has 0 unspecified atom stereocenters. The quantitative estimate of drug-likeness (QED) is 0.898. The van der Waals surface area contributed by atoms with E-state index in [2.05, 4.69) is 9.71 Å². The normalized spacial score (nSPS) is 18.1. The van der Waals surface area contributed by atoms with Gasteiger partial charge in [-0.05, 0) is 12.3 Å². The first-order valence-corrected chi connectivity index (χ1v) is 8.59. The second-order valence-electron chi connectivity index (χ2n) is 4.55. The van der Waals surface area contributed by atoms with Crippen LogP contribution in [0.3, 0.4) is 0 Å². The smallest absolute Gasteiger partial charge is 0.234 e. The van der Waals surface area contributed by atoms with Gasteiger partial charge in [0.05, 0.1) is 5.75 Å². The third-order valence-corrected chi connectivity index (χ3v) is 5.29. The van der Waals surface area contributed by atoms with Gasteiger partial charge in [0.25, 0.3) is 0 Å². The molecule has 17 heavy (non-hydrogen) atoms. The first kappa shape index (κ1) is 12.8. The minimum absolute atomic E-state index is 0.219. The molecule has 0 bridgehead atoms. The van der Waals surface area contributed by atoms with Gasteiger partial charge in [0.1, 0.15) is 0 Å². The fraction of sp³-hybridized carbons (Fsp3) is 0.727. The molecule has 1 aromatic rings. The minimum atomic E-state index is -3.21. The summed E-state index contributed by atoms with van der Waals surface area (Å²) in [7, 11) is -3.21. The Morgan fingerprint density at radius 1 is 1.35 bits per heavy atom. The van der Waals surface area contributed by atoms with Crippen LogP contribution in [0.4, 0.5) is 5.13 Å². The van der Waals surface area contributed by atoms with E-state index in [-0.39, 0.29) is 5.75 Å². The van der Waals surface area contributed by atoms with Crippen LogP contribution in [0.1, 0.15) is 38.5 Å². The molecule has 0 aromatic carbocycles. The zero-order valence-corrected chi connectivity index (χ0v) is 11.4. The number of nitrogens with one attached hydrogen (secondary N) is 1. The van der Waals surface area contributed by atoms with Crippen LogP contribution in [0, 0.1) is 5.92 Å². The summed E-state index contributed by atoms with van der Waals surface area (Å²) in [6.07, 6.45) is 8.57. The Bertz CT molecular complexity index is 422. The molecule has 1 aliphatic carbocycles. The zero-order chi connectivity index (χ0) is 12.1. The standard InChI is InChI=1S/C11H18N2O2S2/c14-17(15,13-11-12-7-8-16-11)9-6-10-4-2-1-3-5-10/h7-8,10H,1-6,9H2,(H,12,13). The average Bonchev–Trinajstić information content (AvgIpc) is 2.80. The van der Waals surface area contributed by atoms with E-state index in [1.807, 2.05) is 0 Å². The van der Waals surface area contributed by atoms with Crippen LogP contribution in [0.25, 0.3) is 0 Å². The number of sulfonamides is 1. The average molecular weight is 274 g/mol. The highest BCUT2D eigenvalue weighted by Gasteiger charge is 2.18. The predicted octanol–water partition coefficient (Wildman–Crippen LogP) is 2.86. The van der Waals surface area contributed by atoms with Gasteiger partial charge >= 0.3 is 0 Å². The molecule has 0 amide bonds. The van der Waals surface area contributed by atoms with Crippen molar-refractivity contribution in [2.45, 2.75) is 38.5 Å². The zero-order valence-electron chi connectivity index (χ0n) is 9.76. The van der Waals surface area contributed by atoms with E-state index in [1.54, 1.807) is 11.6 Å². The van der Waals surface area contributed by atoms with Gasteiger partial charge in [0.15, 0.2) is 5.13 Å². The predicted molar refractivity (Wildman–Crippen MR) is 70.7 cm³/mol. The van der Waals surface area contributed by atoms with E-state index < -0.39 is 10.0 Å². The highest BCUT2D eigenvalue weighted by Crippen LogP contribution is 2.26. The molecule has 1 fully saturated rings. The molecular formula is C11H18N2O2S2. The molecule has 0 spiro atoms. The molecule has 0 atom stereocenters. The first-order chi connectivity index (χ1) is 8.16.